The Morgan fingerprint density at radius 3 is 2.88 bits per heavy atom. The first-order valence-electron chi connectivity index (χ1n) is 5.76. The van der Waals surface area contributed by atoms with Crippen molar-refractivity contribution in [3.05, 3.63) is 46.5 Å². The van der Waals surface area contributed by atoms with Crippen LogP contribution < -0.4 is 0 Å². The standard InChI is InChI=1S/C14H18ClN/c1-11-9-12(6-7-14(11)15)13-5-3-4-8-16(2)10-13/h3-4,6-7,9,13H,5,8,10H2,1-2H3. The Hall–Kier alpha value is -0.790. The summed E-state index contributed by atoms with van der Waals surface area (Å²) >= 11 is 6.06. The van der Waals surface area contributed by atoms with E-state index in [1.54, 1.807) is 0 Å². The van der Waals surface area contributed by atoms with Gasteiger partial charge in [-0.3, -0.25) is 0 Å². The lowest BCUT2D eigenvalue weighted by Crippen LogP contribution is -2.23. The van der Waals surface area contributed by atoms with Crippen molar-refractivity contribution in [2.75, 3.05) is 20.1 Å². The normalized spacial score (nSPS) is 22.1. The summed E-state index contributed by atoms with van der Waals surface area (Å²) < 4.78 is 0. The first kappa shape index (κ1) is 11.7. The maximum Gasteiger partial charge on any atom is 0.0435 e. The van der Waals surface area contributed by atoms with Crippen LogP contribution in [0, 0.1) is 6.92 Å². The number of benzene rings is 1. The summed E-state index contributed by atoms with van der Waals surface area (Å²) in [6, 6.07) is 6.40. The number of allylic oxidation sites excluding steroid dienone is 1. The maximum absolute atomic E-state index is 6.06. The van der Waals surface area contributed by atoms with E-state index in [-0.39, 0.29) is 0 Å². The van der Waals surface area contributed by atoms with Crippen molar-refractivity contribution in [2.45, 2.75) is 19.3 Å². The fraction of sp³-hybridized carbons (Fsp3) is 0.429. The predicted molar refractivity (Wildman–Crippen MR) is 70.2 cm³/mol. The Morgan fingerprint density at radius 1 is 1.31 bits per heavy atom. The first-order chi connectivity index (χ1) is 7.66. The van der Waals surface area contributed by atoms with Crippen LogP contribution in [0.2, 0.25) is 5.02 Å². The molecule has 0 fully saturated rings. The lowest BCUT2D eigenvalue weighted by molar-refractivity contribution is 0.349. The lowest BCUT2D eigenvalue weighted by atomic mass is 9.94. The van der Waals surface area contributed by atoms with Crippen LogP contribution in [0.1, 0.15) is 23.5 Å². The van der Waals surface area contributed by atoms with Gasteiger partial charge in [0.1, 0.15) is 0 Å². The average Bonchev–Trinajstić information content (AvgIpc) is 2.47. The van der Waals surface area contributed by atoms with Crippen molar-refractivity contribution in [1.29, 1.82) is 0 Å². The molecule has 0 spiro atoms. The zero-order chi connectivity index (χ0) is 11.5. The monoisotopic (exact) mass is 235 g/mol. The summed E-state index contributed by atoms with van der Waals surface area (Å²) in [5.74, 6) is 0.597. The van der Waals surface area contributed by atoms with E-state index in [1.807, 2.05) is 6.07 Å². The second-order valence-electron chi connectivity index (χ2n) is 4.63. The molecule has 1 atom stereocenters. The van der Waals surface area contributed by atoms with Crippen molar-refractivity contribution in [2.24, 2.45) is 0 Å². The highest BCUT2D eigenvalue weighted by Crippen LogP contribution is 2.26. The molecule has 0 amide bonds. The first-order valence-corrected chi connectivity index (χ1v) is 6.14. The molecule has 2 rings (SSSR count). The zero-order valence-corrected chi connectivity index (χ0v) is 10.7. The SMILES string of the molecule is Cc1cc(C2CC=CCN(C)C2)ccc1Cl. The van der Waals surface area contributed by atoms with Gasteiger partial charge in [0.25, 0.3) is 0 Å². The van der Waals surface area contributed by atoms with Gasteiger partial charge in [0, 0.05) is 24.0 Å². The Balaban J connectivity index is 2.22. The van der Waals surface area contributed by atoms with E-state index < -0.39 is 0 Å². The van der Waals surface area contributed by atoms with Gasteiger partial charge in [-0.05, 0) is 37.6 Å². The number of hydrogen-bond donors (Lipinski definition) is 0. The summed E-state index contributed by atoms with van der Waals surface area (Å²) in [7, 11) is 2.17. The molecular weight excluding hydrogens is 218 g/mol. The Labute approximate surface area is 103 Å². The average molecular weight is 236 g/mol. The molecule has 0 saturated carbocycles. The predicted octanol–water partition coefficient (Wildman–Crippen LogP) is 3.62. The van der Waals surface area contributed by atoms with E-state index >= 15 is 0 Å². The molecule has 1 nitrogen and oxygen atoms in total. The minimum atomic E-state index is 0.597. The molecule has 1 heterocycles. The molecule has 2 heteroatoms. The molecule has 0 aromatic heterocycles. The molecule has 0 bridgehead atoms. The van der Waals surface area contributed by atoms with Gasteiger partial charge in [0.05, 0.1) is 0 Å². The number of aryl methyl sites for hydroxylation is 1. The van der Waals surface area contributed by atoms with Crippen molar-refractivity contribution < 1.29 is 0 Å². The van der Waals surface area contributed by atoms with Crippen molar-refractivity contribution in [3.8, 4) is 0 Å². The van der Waals surface area contributed by atoms with Gasteiger partial charge < -0.3 is 4.90 Å². The van der Waals surface area contributed by atoms with Crippen LogP contribution in [-0.2, 0) is 0 Å². The second-order valence-corrected chi connectivity index (χ2v) is 5.04. The Kier molecular flexibility index (Phi) is 3.67. The molecule has 16 heavy (non-hydrogen) atoms. The molecular formula is C14H18ClN. The Morgan fingerprint density at radius 2 is 2.12 bits per heavy atom. The molecule has 1 aromatic carbocycles. The Bertz CT molecular complexity index is 398. The highest BCUT2D eigenvalue weighted by Gasteiger charge is 2.15. The summed E-state index contributed by atoms with van der Waals surface area (Å²) in [5.41, 5.74) is 2.58. The van der Waals surface area contributed by atoms with Crippen LogP contribution in [0.25, 0.3) is 0 Å². The third-order valence-corrected chi connectivity index (χ3v) is 3.61. The molecule has 86 valence electrons. The van der Waals surface area contributed by atoms with E-state index in [1.165, 1.54) is 11.1 Å². The number of likely N-dealkylation sites (N-methyl/N-ethyl adjacent to an activating group) is 1. The van der Waals surface area contributed by atoms with Gasteiger partial charge in [0.2, 0.25) is 0 Å². The van der Waals surface area contributed by atoms with Crippen LogP contribution in [0.15, 0.2) is 30.4 Å². The zero-order valence-electron chi connectivity index (χ0n) is 9.91. The quantitative estimate of drug-likeness (QED) is 0.672. The lowest BCUT2D eigenvalue weighted by Gasteiger charge is -2.20. The highest BCUT2D eigenvalue weighted by atomic mass is 35.5. The van der Waals surface area contributed by atoms with Crippen LogP contribution in [0.3, 0.4) is 0 Å². The minimum Gasteiger partial charge on any atom is -0.302 e. The molecule has 0 radical (unpaired) electrons. The number of halogens is 1. The second kappa shape index (κ2) is 5.03. The number of hydrogen-bond acceptors (Lipinski definition) is 1. The van der Waals surface area contributed by atoms with Crippen molar-refractivity contribution in [1.82, 2.24) is 4.90 Å². The molecule has 1 aromatic rings. The third kappa shape index (κ3) is 2.66. The third-order valence-electron chi connectivity index (χ3n) is 3.19. The summed E-state index contributed by atoms with van der Waals surface area (Å²) in [6.45, 7) is 4.25. The summed E-state index contributed by atoms with van der Waals surface area (Å²) in [6.07, 6.45) is 5.67. The van der Waals surface area contributed by atoms with Gasteiger partial charge in [-0.2, -0.15) is 0 Å². The van der Waals surface area contributed by atoms with E-state index in [0.717, 1.165) is 24.5 Å². The minimum absolute atomic E-state index is 0.597. The van der Waals surface area contributed by atoms with Crippen LogP contribution in [0.4, 0.5) is 0 Å². The topological polar surface area (TPSA) is 3.24 Å². The number of rotatable bonds is 1. The fourth-order valence-electron chi connectivity index (χ4n) is 2.20. The van der Waals surface area contributed by atoms with Gasteiger partial charge >= 0.3 is 0 Å². The highest BCUT2D eigenvalue weighted by molar-refractivity contribution is 6.31. The van der Waals surface area contributed by atoms with E-state index in [0.29, 0.717) is 5.92 Å². The fourth-order valence-corrected chi connectivity index (χ4v) is 2.32. The van der Waals surface area contributed by atoms with Crippen molar-refractivity contribution >= 4 is 11.6 Å². The number of nitrogens with zero attached hydrogens (tertiary/aromatic N) is 1. The van der Waals surface area contributed by atoms with Gasteiger partial charge in [-0.25, -0.2) is 0 Å². The van der Waals surface area contributed by atoms with Gasteiger partial charge in [-0.1, -0.05) is 35.9 Å². The van der Waals surface area contributed by atoms with Gasteiger partial charge in [0.15, 0.2) is 0 Å². The summed E-state index contributed by atoms with van der Waals surface area (Å²) in [4.78, 5) is 2.36. The van der Waals surface area contributed by atoms with E-state index in [4.69, 9.17) is 11.6 Å². The molecule has 0 saturated heterocycles. The molecule has 1 aliphatic rings. The van der Waals surface area contributed by atoms with Gasteiger partial charge in [-0.15, -0.1) is 0 Å². The van der Waals surface area contributed by atoms with E-state index in [9.17, 15) is 0 Å². The molecule has 0 N–H and O–H groups in total. The maximum atomic E-state index is 6.06. The van der Waals surface area contributed by atoms with Crippen LogP contribution >= 0.6 is 11.6 Å². The molecule has 1 unspecified atom stereocenters. The smallest absolute Gasteiger partial charge is 0.0435 e. The molecule has 1 aliphatic heterocycles. The summed E-state index contributed by atoms with van der Waals surface area (Å²) in [5, 5.41) is 0.862. The van der Waals surface area contributed by atoms with E-state index in [2.05, 4.69) is 43.2 Å². The largest absolute Gasteiger partial charge is 0.302 e. The molecule has 0 aliphatic carbocycles. The van der Waals surface area contributed by atoms with Crippen LogP contribution in [-0.4, -0.2) is 25.0 Å². The van der Waals surface area contributed by atoms with Crippen LogP contribution in [0.5, 0.6) is 0 Å². The van der Waals surface area contributed by atoms with Crippen molar-refractivity contribution in [3.63, 3.8) is 0 Å².